The van der Waals surface area contributed by atoms with Gasteiger partial charge in [0.25, 0.3) is 0 Å². The van der Waals surface area contributed by atoms with E-state index < -0.39 is 0 Å². The summed E-state index contributed by atoms with van der Waals surface area (Å²) in [6.45, 7) is 2.38. The van der Waals surface area contributed by atoms with Crippen LogP contribution in [-0.2, 0) is 12.3 Å². The minimum Gasteiger partial charge on any atom is -0.326 e. The van der Waals surface area contributed by atoms with E-state index in [1.807, 2.05) is 6.92 Å². The minimum absolute atomic E-state index is 0.223. The highest BCUT2D eigenvalue weighted by Crippen LogP contribution is 2.21. The Balaban J connectivity index is 2.02. The van der Waals surface area contributed by atoms with Crippen LogP contribution in [0.15, 0.2) is 35.4 Å². The molecule has 18 heavy (non-hydrogen) atoms. The third kappa shape index (κ3) is 3.27. The van der Waals surface area contributed by atoms with Crippen LogP contribution in [0, 0.1) is 12.7 Å². The lowest BCUT2D eigenvalue weighted by Gasteiger charge is -2.05. The molecule has 3 nitrogen and oxygen atoms in total. The Morgan fingerprint density at radius 2 is 2.00 bits per heavy atom. The summed E-state index contributed by atoms with van der Waals surface area (Å²) in [6.07, 6.45) is 1.77. The number of hydrogen-bond acceptors (Lipinski definition) is 4. The fourth-order valence-corrected chi connectivity index (χ4v) is 2.25. The average Bonchev–Trinajstić information content (AvgIpc) is 2.38. The van der Waals surface area contributed by atoms with E-state index in [0.717, 1.165) is 22.0 Å². The van der Waals surface area contributed by atoms with E-state index in [0.29, 0.717) is 12.3 Å². The van der Waals surface area contributed by atoms with E-state index in [2.05, 4.69) is 9.97 Å². The monoisotopic (exact) mass is 263 g/mol. The zero-order valence-electron chi connectivity index (χ0n) is 10.1. The molecule has 1 heterocycles. The van der Waals surface area contributed by atoms with Crippen LogP contribution in [0.4, 0.5) is 4.39 Å². The van der Waals surface area contributed by atoms with Gasteiger partial charge in [0.2, 0.25) is 0 Å². The van der Waals surface area contributed by atoms with Crippen molar-refractivity contribution in [2.45, 2.75) is 24.1 Å². The lowest BCUT2D eigenvalue weighted by atomic mass is 10.2. The van der Waals surface area contributed by atoms with Gasteiger partial charge in [-0.2, -0.15) is 0 Å². The second kappa shape index (κ2) is 5.93. The van der Waals surface area contributed by atoms with Crippen LogP contribution in [-0.4, -0.2) is 9.97 Å². The van der Waals surface area contributed by atoms with Gasteiger partial charge in [-0.1, -0.05) is 0 Å². The molecule has 0 saturated heterocycles. The predicted molar refractivity (Wildman–Crippen MR) is 70.6 cm³/mol. The molecule has 0 radical (unpaired) electrons. The highest BCUT2D eigenvalue weighted by atomic mass is 32.2. The molecule has 94 valence electrons. The Morgan fingerprint density at radius 1 is 1.28 bits per heavy atom. The summed E-state index contributed by atoms with van der Waals surface area (Å²) in [5, 5.41) is 0. The topological polar surface area (TPSA) is 51.8 Å². The molecule has 0 saturated carbocycles. The van der Waals surface area contributed by atoms with Crippen molar-refractivity contribution in [2.75, 3.05) is 0 Å². The highest BCUT2D eigenvalue weighted by molar-refractivity contribution is 7.98. The van der Waals surface area contributed by atoms with Gasteiger partial charge in [-0.05, 0) is 31.2 Å². The quantitative estimate of drug-likeness (QED) is 0.862. The molecular weight excluding hydrogens is 249 g/mol. The van der Waals surface area contributed by atoms with Gasteiger partial charge in [0.1, 0.15) is 11.6 Å². The zero-order valence-corrected chi connectivity index (χ0v) is 10.9. The predicted octanol–water partition coefficient (Wildman–Crippen LogP) is 2.68. The minimum atomic E-state index is -0.223. The molecule has 2 N–H and O–H groups in total. The van der Waals surface area contributed by atoms with Crippen molar-refractivity contribution in [1.82, 2.24) is 9.97 Å². The fraction of sp³-hybridized carbons (Fsp3) is 0.231. The number of thioether (sulfide) groups is 1. The molecule has 0 bridgehead atoms. The smallest absolute Gasteiger partial charge is 0.138 e. The number of nitrogens with zero attached hydrogens (tertiary/aromatic N) is 2. The zero-order chi connectivity index (χ0) is 13.0. The summed E-state index contributed by atoms with van der Waals surface area (Å²) in [7, 11) is 0. The molecule has 0 aliphatic heterocycles. The van der Waals surface area contributed by atoms with Crippen molar-refractivity contribution >= 4 is 11.8 Å². The van der Waals surface area contributed by atoms with Gasteiger partial charge in [0.15, 0.2) is 0 Å². The maximum atomic E-state index is 12.7. The van der Waals surface area contributed by atoms with Crippen LogP contribution in [0.25, 0.3) is 0 Å². The molecule has 0 aliphatic carbocycles. The van der Waals surface area contributed by atoms with Gasteiger partial charge in [-0.25, -0.2) is 14.4 Å². The lowest BCUT2D eigenvalue weighted by Crippen LogP contribution is -2.04. The Labute approximate surface area is 110 Å². The Hall–Kier alpha value is -1.46. The van der Waals surface area contributed by atoms with Gasteiger partial charge in [-0.3, -0.25) is 0 Å². The molecule has 2 rings (SSSR count). The van der Waals surface area contributed by atoms with Crippen LogP contribution in [0.1, 0.15) is 17.1 Å². The molecule has 0 amide bonds. The van der Waals surface area contributed by atoms with Crippen LogP contribution in [0.5, 0.6) is 0 Å². The average molecular weight is 263 g/mol. The number of halogens is 1. The number of benzene rings is 1. The Kier molecular flexibility index (Phi) is 4.28. The largest absolute Gasteiger partial charge is 0.326 e. The number of aryl methyl sites for hydroxylation is 1. The normalized spacial score (nSPS) is 10.6. The van der Waals surface area contributed by atoms with Gasteiger partial charge in [-0.15, -0.1) is 11.8 Å². The summed E-state index contributed by atoms with van der Waals surface area (Å²) in [4.78, 5) is 9.65. The Morgan fingerprint density at radius 3 is 2.61 bits per heavy atom. The van der Waals surface area contributed by atoms with E-state index in [9.17, 15) is 4.39 Å². The second-order valence-electron chi connectivity index (χ2n) is 3.84. The van der Waals surface area contributed by atoms with Crippen molar-refractivity contribution in [2.24, 2.45) is 5.73 Å². The summed E-state index contributed by atoms with van der Waals surface area (Å²) in [6, 6.07) is 6.40. The van der Waals surface area contributed by atoms with Crippen molar-refractivity contribution in [3.05, 3.63) is 53.4 Å². The van der Waals surface area contributed by atoms with Crippen molar-refractivity contribution < 1.29 is 4.39 Å². The maximum absolute atomic E-state index is 12.7. The van der Waals surface area contributed by atoms with Crippen LogP contribution >= 0.6 is 11.8 Å². The standard InChI is InChI=1S/C13H14FN3S/c1-9-10(6-15)7-16-13(17-9)8-18-12-4-2-11(14)3-5-12/h2-5,7H,6,8,15H2,1H3. The molecule has 5 heteroatoms. The molecule has 0 aliphatic rings. The molecule has 2 aromatic rings. The molecule has 0 atom stereocenters. The van der Waals surface area contributed by atoms with Gasteiger partial charge < -0.3 is 5.73 Å². The summed E-state index contributed by atoms with van der Waals surface area (Å²) in [5.74, 6) is 1.20. The first-order valence-corrected chi connectivity index (χ1v) is 6.57. The van der Waals surface area contributed by atoms with Gasteiger partial charge in [0, 0.05) is 28.9 Å². The third-order valence-corrected chi connectivity index (χ3v) is 3.54. The van der Waals surface area contributed by atoms with E-state index in [-0.39, 0.29) is 5.82 Å². The van der Waals surface area contributed by atoms with Crippen molar-refractivity contribution in [1.29, 1.82) is 0 Å². The highest BCUT2D eigenvalue weighted by Gasteiger charge is 2.03. The molecular formula is C13H14FN3S. The first kappa shape index (κ1) is 13.0. The van der Waals surface area contributed by atoms with E-state index in [1.165, 1.54) is 12.1 Å². The molecule has 0 fully saturated rings. The van der Waals surface area contributed by atoms with E-state index in [1.54, 1.807) is 30.1 Å². The van der Waals surface area contributed by atoms with Crippen LogP contribution in [0.3, 0.4) is 0 Å². The van der Waals surface area contributed by atoms with Crippen molar-refractivity contribution in [3.63, 3.8) is 0 Å². The number of rotatable bonds is 4. The van der Waals surface area contributed by atoms with Crippen LogP contribution < -0.4 is 5.73 Å². The number of aromatic nitrogens is 2. The maximum Gasteiger partial charge on any atom is 0.138 e. The van der Waals surface area contributed by atoms with E-state index in [4.69, 9.17) is 5.73 Å². The number of nitrogens with two attached hydrogens (primary N) is 1. The lowest BCUT2D eigenvalue weighted by molar-refractivity contribution is 0.626. The third-order valence-electron chi connectivity index (χ3n) is 2.53. The Bertz CT molecular complexity index is 528. The summed E-state index contributed by atoms with van der Waals surface area (Å²) in [5.41, 5.74) is 7.44. The van der Waals surface area contributed by atoms with Crippen LogP contribution in [0.2, 0.25) is 0 Å². The second-order valence-corrected chi connectivity index (χ2v) is 4.89. The molecule has 0 unspecified atom stereocenters. The SMILES string of the molecule is Cc1nc(CSc2ccc(F)cc2)ncc1CN. The molecule has 0 spiro atoms. The summed E-state index contributed by atoms with van der Waals surface area (Å²) >= 11 is 1.58. The van der Waals surface area contributed by atoms with E-state index >= 15 is 0 Å². The molecule has 1 aromatic carbocycles. The number of hydrogen-bond donors (Lipinski definition) is 1. The first-order valence-electron chi connectivity index (χ1n) is 5.59. The molecule has 1 aromatic heterocycles. The first-order chi connectivity index (χ1) is 8.69. The van der Waals surface area contributed by atoms with Crippen molar-refractivity contribution in [3.8, 4) is 0 Å². The van der Waals surface area contributed by atoms with Gasteiger partial charge in [0.05, 0.1) is 5.75 Å². The van der Waals surface area contributed by atoms with Gasteiger partial charge >= 0.3 is 0 Å². The fourth-order valence-electron chi connectivity index (χ4n) is 1.49. The summed E-state index contributed by atoms with van der Waals surface area (Å²) < 4.78 is 12.7.